The third kappa shape index (κ3) is 1.81. The lowest BCUT2D eigenvalue weighted by Gasteiger charge is -2.27. The minimum Gasteiger partial charge on any atom is -0.353 e. The van der Waals surface area contributed by atoms with E-state index in [2.05, 4.69) is 24.5 Å². The smallest absolute Gasteiger partial charge is 0.242 e. The van der Waals surface area contributed by atoms with Gasteiger partial charge in [-0.15, -0.1) is 11.3 Å². The first-order valence-corrected chi connectivity index (χ1v) is 5.58. The summed E-state index contributed by atoms with van der Waals surface area (Å²) in [5.41, 5.74) is 0. The predicted octanol–water partition coefficient (Wildman–Crippen LogP) is 1.21. The fourth-order valence-corrected chi connectivity index (χ4v) is 2.53. The zero-order valence-electron chi connectivity index (χ0n) is 8.33. The van der Waals surface area contributed by atoms with Crippen LogP contribution in [0.15, 0.2) is 12.1 Å². The maximum absolute atomic E-state index is 11.6. The van der Waals surface area contributed by atoms with Gasteiger partial charge in [-0.3, -0.25) is 10.1 Å². The molecule has 2 rings (SSSR count). The molecule has 0 spiro atoms. The van der Waals surface area contributed by atoms with E-state index in [1.54, 1.807) is 11.3 Å². The highest BCUT2D eigenvalue weighted by molar-refractivity contribution is 7.12. The first-order chi connectivity index (χ1) is 6.66. The summed E-state index contributed by atoms with van der Waals surface area (Å²) in [4.78, 5) is 13.9. The van der Waals surface area contributed by atoms with Gasteiger partial charge in [-0.2, -0.15) is 0 Å². The van der Waals surface area contributed by atoms with E-state index in [0.29, 0.717) is 6.04 Å². The van der Waals surface area contributed by atoms with Crippen LogP contribution in [0.2, 0.25) is 0 Å². The lowest BCUT2D eigenvalue weighted by molar-refractivity contribution is -0.125. The number of hydrogen-bond acceptors (Lipinski definition) is 3. The molecule has 1 amide bonds. The van der Waals surface area contributed by atoms with Crippen molar-refractivity contribution >= 4 is 17.2 Å². The molecule has 1 fully saturated rings. The van der Waals surface area contributed by atoms with E-state index in [1.165, 1.54) is 4.88 Å². The van der Waals surface area contributed by atoms with Crippen LogP contribution < -0.4 is 10.6 Å². The summed E-state index contributed by atoms with van der Waals surface area (Å²) >= 11 is 1.68. The normalized spacial score (nSPS) is 27.4. The van der Waals surface area contributed by atoms with Crippen molar-refractivity contribution < 1.29 is 4.79 Å². The van der Waals surface area contributed by atoms with Gasteiger partial charge < -0.3 is 5.32 Å². The molecule has 14 heavy (non-hydrogen) atoms. The van der Waals surface area contributed by atoms with Crippen molar-refractivity contribution in [1.82, 2.24) is 10.6 Å². The molecular weight excluding hydrogens is 196 g/mol. The maximum Gasteiger partial charge on any atom is 0.242 e. The van der Waals surface area contributed by atoms with Crippen LogP contribution in [-0.4, -0.2) is 18.5 Å². The Morgan fingerprint density at radius 3 is 2.93 bits per heavy atom. The second kappa shape index (κ2) is 3.71. The molecule has 2 atom stereocenters. The van der Waals surface area contributed by atoms with Gasteiger partial charge in [-0.1, -0.05) is 0 Å². The molecule has 0 bridgehead atoms. The number of rotatable bonds is 1. The van der Waals surface area contributed by atoms with Crippen LogP contribution in [0.4, 0.5) is 0 Å². The highest BCUT2D eigenvalue weighted by Gasteiger charge is 2.27. The largest absolute Gasteiger partial charge is 0.353 e. The van der Waals surface area contributed by atoms with E-state index >= 15 is 0 Å². The molecule has 2 unspecified atom stereocenters. The Labute approximate surface area is 87.5 Å². The van der Waals surface area contributed by atoms with Crippen LogP contribution in [0, 0.1) is 6.92 Å². The molecule has 0 aromatic carbocycles. The van der Waals surface area contributed by atoms with Crippen LogP contribution in [0.3, 0.4) is 0 Å². The van der Waals surface area contributed by atoms with E-state index in [1.807, 2.05) is 12.1 Å². The van der Waals surface area contributed by atoms with Crippen molar-refractivity contribution in [3.8, 4) is 0 Å². The third-order valence-corrected chi connectivity index (χ3v) is 3.41. The SMILES string of the molecule is Cc1ccc(C2NC(C)CNC2=O)s1. The Balaban J connectivity index is 2.19. The quantitative estimate of drug-likeness (QED) is 0.731. The molecule has 1 aliphatic heterocycles. The van der Waals surface area contributed by atoms with Crippen LogP contribution >= 0.6 is 11.3 Å². The molecule has 1 aromatic heterocycles. The lowest BCUT2D eigenvalue weighted by atomic mass is 10.1. The molecule has 4 heteroatoms. The van der Waals surface area contributed by atoms with Gasteiger partial charge >= 0.3 is 0 Å². The zero-order valence-corrected chi connectivity index (χ0v) is 9.15. The average molecular weight is 210 g/mol. The van der Waals surface area contributed by atoms with Gasteiger partial charge in [0, 0.05) is 22.3 Å². The van der Waals surface area contributed by atoms with Gasteiger partial charge in [-0.25, -0.2) is 0 Å². The van der Waals surface area contributed by atoms with E-state index in [-0.39, 0.29) is 11.9 Å². The summed E-state index contributed by atoms with van der Waals surface area (Å²) < 4.78 is 0. The Kier molecular flexibility index (Phi) is 2.56. The molecule has 1 aromatic rings. The van der Waals surface area contributed by atoms with Crippen molar-refractivity contribution in [2.75, 3.05) is 6.54 Å². The third-order valence-electron chi connectivity index (χ3n) is 2.34. The standard InChI is InChI=1S/C10H14N2OS/c1-6-5-11-10(13)9(12-6)8-4-3-7(2)14-8/h3-4,6,9,12H,5H2,1-2H3,(H,11,13). The Morgan fingerprint density at radius 1 is 1.50 bits per heavy atom. The average Bonchev–Trinajstić information content (AvgIpc) is 2.56. The lowest BCUT2D eigenvalue weighted by Crippen LogP contribution is -2.52. The minimum atomic E-state index is -0.155. The molecule has 0 aliphatic carbocycles. The van der Waals surface area contributed by atoms with Crippen molar-refractivity contribution in [3.63, 3.8) is 0 Å². The Bertz CT molecular complexity index is 348. The monoisotopic (exact) mass is 210 g/mol. The molecular formula is C10H14N2OS. The number of aryl methyl sites for hydroxylation is 1. The number of nitrogens with one attached hydrogen (secondary N) is 2. The van der Waals surface area contributed by atoms with Crippen LogP contribution in [-0.2, 0) is 4.79 Å². The first kappa shape index (κ1) is 9.68. The van der Waals surface area contributed by atoms with E-state index in [9.17, 15) is 4.79 Å². The van der Waals surface area contributed by atoms with E-state index < -0.39 is 0 Å². The second-order valence-electron chi connectivity index (χ2n) is 3.69. The fourth-order valence-electron chi connectivity index (χ4n) is 1.59. The molecule has 76 valence electrons. The predicted molar refractivity (Wildman–Crippen MR) is 57.4 cm³/mol. The molecule has 0 radical (unpaired) electrons. The van der Waals surface area contributed by atoms with Crippen LogP contribution in [0.1, 0.15) is 22.7 Å². The van der Waals surface area contributed by atoms with Crippen LogP contribution in [0.25, 0.3) is 0 Å². The molecule has 3 nitrogen and oxygen atoms in total. The van der Waals surface area contributed by atoms with Crippen molar-refractivity contribution in [1.29, 1.82) is 0 Å². The van der Waals surface area contributed by atoms with E-state index in [4.69, 9.17) is 0 Å². The number of thiophene rings is 1. The van der Waals surface area contributed by atoms with Crippen molar-refractivity contribution in [3.05, 3.63) is 21.9 Å². The second-order valence-corrected chi connectivity index (χ2v) is 5.01. The summed E-state index contributed by atoms with van der Waals surface area (Å²) in [5, 5.41) is 6.19. The maximum atomic E-state index is 11.6. The molecule has 1 aliphatic rings. The van der Waals surface area contributed by atoms with Gasteiger partial charge in [0.25, 0.3) is 0 Å². The number of amides is 1. The first-order valence-electron chi connectivity index (χ1n) is 4.77. The zero-order chi connectivity index (χ0) is 10.1. The van der Waals surface area contributed by atoms with Gasteiger partial charge in [0.05, 0.1) is 0 Å². The number of hydrogen-bond donors (Lipinski definition) is 2. The molecule has 2 N–H and O–H groups in total. The molecule has 0 saturated carbocycles. The van der Waals surface area contributed by atoms with Crippen molar-refractivity contribution in [2.45, 2.75) is 25.9 Å². The van der Waals surface area contributed by atoms with Gasteiger partial charge in [0.1, 0.15) is 6.04 Å². The van der Waals surface area contributed by atoms with Gasteiger partial charge in [0.15, 0.2) is 0 Å². The summed E-state index contributed by atoms with van der Waals surface area (Å²) in [6.07, 6.45) is 0. The molecule has 2 heterocycles. The number of carbonyl (C=O) groups excluding carboxylic acids is 1. The summed E-state index contributed by atoms with van der Waals surface area (Å²) in [6, 6.07) is 4.27. The summed E-state index contributed by atoms with van der Waals surface area (Å²) in [6.45, 7) is 4.85. The van der Waals surface area contributed by atoms with E-state index in [0.717, 1.165) is 11.4 Å². The fraction of sp³-hybridized carbons (Fsp3) is 0.500. The number of piperazine rings is 1. The highest BCUT2D eigenvalue weighted by atomic mass is 32.1. The summed E-state index contributed by atoms with van der Waals surface area (Å²) in [7, 11) is 0. The van der Waals surface area contributed by atoms with Crippen LogP contribution in [0.5, 0.6) is 0 Å². The topological polar surface area (TPSA) is 41.1 Å². The molecule has 1 saturated heterocycles. The van der Waals surface area contributed by atoms with Gasteiger partial charge in [-0.05, 0) is 26.0 Å². The highest BCUT2D eigenvalue weighted by Crippen LogP contribution is 2.24. The Morgan fingerprint density at radius 2 is 2.29 bits per heavy atom. The van der Waals surface area contributed by atoms with Crippen molar-refractivity contribution in [2.24, 2.45) is 0 Å². The van der Waals surface area contributed by atoms with Gasteiger partial charge in [0.2, 0.25) is 5.91 Å². The minimum absolute atomic E-state index is 0.0879. The number of carbonyl (C=O) groups is 1. The Hall–Kier alpha value is -0.870. The summed E-state index contributed by atoms with van der Waals surface area (Å²) in [5.74, 6) is 0.0879.